The summed E-state index contributed by atoms with van der Waals surface area (Å²) in [6.45, 7) is 4.37. The van der Waals surface area contributed by atoms with Gasteiger partial charge in [0.15, 0.2) is 6.19 Å². The Kier molecular flexibility index (Phi) is 4.95. The Balaban J connectivity index is 2.61. The minimum atomic E-state index is -1.03. The van der Waals surface area contributed by atoms with Crippen molar-refractivity contribution in [3.63, 3.8) is 0 Å². The first-order valence-corrected chi connectivity index (χ1v) is 6.15. The SMILES string of the molecule is CC(C)C[C@H](NC(=O)[C@H]1CCCN1C#N)C(=O)O. The van der Waals surface area contributed by atoms with Crippen LogP contribution in [0.3, 0.4) is 0 Å². The average molecular weight is 253 g/mol. The predicted molar refractivity (Wildman–Crippen MR) is 64.4 cm³/mol. The second kappa shape index (κ2) is 6.24. The summed E-state index contributed by atoms with van der Waals surface area (Å²) in [6, 6.07) is -1.39. The van der Waals surface area contributed by atoms with Crippen LogP contribution < -0.4 is 5.32 Å². The molecule has 1 saturated heterocycles. The van der Waals surface area contributed by atoms with Crippen molar-refractivity contribution in [2.75, 3.05) is 6.54 Å². The van der Waals surface area contributed by atoms with Gasteiger partial charge in [0.1, 0.15) is 12.1 Å². The number of hydrogen-bond acceptors (Lipinski definition) is 4. The van der Waals surface area contributed by atoms with Crippen LogP contribution in [0.2, 0.25) is 0 Å². The van der Waals surface area contributed by atoms with Gasteiger partial charge in [-0.05, 0) is 25.2 Å². The van der Waals surface area contributed by atoms with Gasteiger partial charge in [-0.25, -0.2) is 4.79 Å². The van der Waals surface area contributed by atoms with Crippen LogP contribution in [0.1, 0.15) is 33.1 Å². The highest BCUT2D eigenvalue weighted by Gasteiger charge is 2.32. The summed E-state index contributed by atoms with van der Waals surface area (Å²) in [5.74, 6) is -1.21. The summed E-state index contributed by atoms with van der Waals surface area (Å²) in [4.78, 5) is 24.4. The lowest BCUT2D eigenvalue weighted by molar-refractivity contribution is -0.142. The average Bonchev–Trinajstić information content (AvgIpc) is 2.75. The number of hydrogen-bond donors (Lipinski definition) is 2. The van der Waals surface area contributed by atoms with Crippen molar-refractivity contribution < 1.29 is 14.7 Å². The first-order valence-electron chi connectivity index (χ1n) is 6.15. The van der Waals surface area contributed by atoms with E-state index in [1.807, 2.05) is 20.0 Å². The van der Waals surface area contributed by atoms with Gasteiger partial charge >= 0.3 is 5.97 Å². The quantitative estimate of drug-likeness (QED) is 0.698. The summed E-state index contributed by atoms with van der Waals surface area (Å²) in [5.41, 5.74) is 0. The second-order valence-electron chi connectivity index (χ2n) is 4.98. The minimum Gasteiger partial charge on any atom is -0.480 e. The van der Waals surface area contributed by atoms with Gasteiger partial charge in [0.25, 0.3) is 0 Å². The lowest BCUT2D eigenvalue weighted by Gasteiger charge is -2.21. The molecule has 1 aliphatic heterocycles. The van der Waals surface area contributed by atoms with Gasteiger partial charge in [-0.15, -0.1) is 0 Å². The molecular formula is C12H19N3O3. The molecule has 1 heterocycles. The molecule has 100 valence electrons. The second-order valence-corrected chi connectivity index (χ2v) is 4.98. The molecule has 6 nitrogen and oxygen atoms in total. The largest absolute Gasteiger partial charge is 0.480 e. The Morgan fingerprint density at radius 2 is 2.22 bits per heavy atom. The summed E-state index contributed by atoms with van der Waals surface area (Å²) < 4.78 is 0. The van der Waals surface area contributed by atoms with Crippen molar-refractivity contribution in [1.29, 1.82) is 5.26 Å². The maximum atomic E-state index is 11.9. The maximum Gasteiger partial charge on any atom is 0.326 e. The zero-order valence-corrected chi connectivity index (χ0v) is 10.7. The molecule has 0 aromatic heterocycles. The van der Waals surface area contributed by atoms with E-state index in [1.165, 1.54) is 4.90 Å². The molecule has 0 saturated carbocycles. The molecule has 18 heavy (non-hydrogen) atoms. The number of rotatable bonds is 5. The van der Waals surface area contributed by atoms with E-state index < -0.39 is 18.1 Å². The van der Waals surface area contributed by atoms with Crippen molar-refractivity contribution in [2.45, 2.75) is 45.2 Å². The van der Waals surface area contributed by atoms with E-state index >= 15 is 0 Å². The van der Waals surface area contributed by atoms with Crippen LogP contribution in [0, 0.1) is 17.4 Å². The van der Waals surface area contributed by atoms with E-state index in [9.17, 15) is 9.59 Å². The van der Waals surface area contributed by atoms with Crippen molar-refractivity contribution in [3.05, 3.63) is 0 Å². The smallest absolute Gasteiger partial charge is 0.326 e. The lowest BCUT2D eigenvalue weighted by atomic mass is 10.0. The van der Waals surface area contributed by atoms with Crippen LogP contribution in [0.25, 0.3) is 0 Å². The Hall–Kier alpha value is -1.77. The highest BCUT2D eigenvalue weighted by atomic mass is 16.4. The third kappa shape index (κ3) is 3.62. The zero-order chi connectivity index (χ0) is 13.7. The van der Waals surface area contributed by atoms with E-state index in [0.717, 1.165) is 6.42 Å². The Morgan fingerprint density at radius 3 is 2.72 bits per heavy atom. The molecule has 0 aromatic carbocycles. The van der Waals surface area contributed by atoms with Crippen LogP contribution in [-0.4, -0.2) is 40.5 Å². The van der Waals surface area contributed by atoms with Crippen LogP contribution in [-0.2, 0) is 9.59 Å². The van der Waals surface area contributed by atoms with E-state index in [0.29, 0.717) is 19.4 Å². The van der Waals surface area contributed by atoms with E-state index in [1.54, 1.807) is 0 Å². The molecule has 6 heteroatoms. The van der Waals surface area contributed by atoms with E-state index in [-0.39, 0.29) is 11.8 Å². The van der Waals surface area contributed by atoms with Crippen molar-refractivity contribution in [3.8, 4) is 6.19 Å². The fraction of sp³-hybridized carbons (Fsp3) is 0.750. The predicted octanol–water partition coefficient (Wildman–Crippen LogP) is 0.547. The standard InChI is InChI=1S/C12H19N3O3/c1-8(2)6-9(12(17)18)14-11(16)10-4-3-5-15(10)7-13/h8-10H,3-6H2,1-2H3,(H,14,16)(H,17,18)/t9-,10+/m0/s1. The fourth-order valence-electron chi connectivity index (χ4n) is 2.12. The summed E-state index contributed by atoms with van der Waals surface area (Å²) in [5, 5.41) is 20.4. The number of carboxylic acids is 1. The molecule has 2 atom stereocenters. The van der Waals surface area contributed by atoms with Gasteiger partial charge in [0.2, 0.25) is 5.91 Å². The molecular weight excluding hydrogens is 234 g/mol. The Morgan fingerprint density at radius 1 is 1.56 bits per heavy atom. The third-order valence-corrected chi connectivity index (χ3v) is 3.01. The third-order valence-electron chi connectivity index (χ3n) is 3.01. The Labute approximate surface area is 107 Å². The molecule has 1 fully saturated rings. The first-order chi connectivity index (χ1) is 8.45. The summed E-state index contributed by atoms with van der Waals surface area (Å²) >= 11 is 0. The summed E-state index contributed by atoms with van der Waals surface area (Å²) in [7, 11) is 0. The molecule has 0 aliphatic carbocycles. The number of nitrogens with zero attached hydrogens (tertiary/aromatic N) is 2. The highest BCUT2D eigenvalue weighted by molar-refractivity contribution is 5.87. The number of nitrogens with one attached hydrogen (secondary N) is 1. The normalized spacial score (nSPS) is 20.6. The monoisotopic (exact) mass is 253 g/mol. The molecule has 0 radical (unpaired) electrons. The Bertz CT molecular complexity index is 362. The zero-order valence-electron chi connectivity index (χ0n) is 10.7. The van der Waals surface area contributed by atoms with Gasteiger partial charge in [-0.1, -0.05) is 13.8 Å². The topological polar surface area (TPSA) is 93.4 Å². The molecule has 0 unspecified atom stereocenters. The van der Waals surface area contributed by atoms with E-state index in [4.69, 9.17) is 10.4 Å². The first kappa shape index (κ1) is 14.3. The molecule has 0 spiro atoms. The lowest BCUT2D eigenvalue weighted by Crippen LogP contribution is -2.48. The highest BCUT2D eigenvalue weighted by Crippen LogP contribution is 2.16. The van der Waals surface area contributed by atoms with Crippen molar-refractivity contribution in [2.24, 2.45) is 5.92 Å². The van der Waals surface area contributed by atoms with Crippen LogP contribution in [0.4, 0.5) is 0 Å². The van der Waals surface area contributed by atoms with Gasteiger partial charge in [0.05, 0.1) is 0 Å². The number of aliphatic carboxylic acids is 1. The van der Waals surface area contributed by atoms with Gasteiger partial charge in [-0.3, -0.25) is 9.69 Å². The number of carbonyl (C=O) groups is 2. The molecule has 2 N–H and O–H groups in total. The van der Waals surface area contributed by atoms with Crippen molar-refractivity contribution in [1.82, 2.24) is 10.2 Å². The molecule has 1 amide bonds. The number of carbonyl (C=O) groups excluding carboxylic acids is 1. The number of nitriles is 1. The van der Waals surface area contributed by atoms with Gasteiger partial charge < -0.3 is 10.4 Å². The molecule has 1 rings (SSSR count). The van der Waals surface area contributed by atoms with Crippen LogP contribution in [0.15, 0.2) is 0 Å². The van der Waals surface area contributed by atoms with Gasteiger partial charge in [0, 0.05) is 6.54 Å². The maximum absolute atomic E-state index is 11.9. The van der Waals surface area contributed by atoms with Gasteiger partial charge in [-0.2, -0.15) is 5.26 Å². The number of carboxylic acid groups (broad SMARTS) is 1. The minimum absolute atomic E-state index is 0.182. The molecule has 1 aliphatic rings. The fourth-order valence-corrected chi connectivity index (χ4v) is 2.12. The molecule has 0 aromatic rings. The summed E-state index contributed by atoms with van der Waals surface area (Å²) in [6.07, 6.45) is 3.74. The number of likely N-dealkylation sites (tertiary alicyclic amines) is 1. The van der Waals surface area contributed by atoms with Crippen molar-refractivity contribution >= 4 is 11.9 Å². The van der Waals surface area contributed by atoms with Crippen LogP contribution >= 0.6 is 0 Å². The molecule has 0 bridgehead atoms. The van der Waals surface area contributed by atoms with E-state index in [2.05, 4.69) is 5.32 Å². The van der Waals surface area contributed by atoms with Crippen LogP contribution in [0.5, 0.6) is 0 Å². The number of amides is 1.